The fourth-order valence-corrected chi connectivity index (χ4v) is 6.13. The molecule has 2 aromatic heterocycles. The number of rotatable bonds is 3. The average Bonchev–Trinajstić information content (AvgIpc) is 2.97. The Morgan fingerprint density at radius 3 is 2.62 bits per heavy atom. The van der Waals surface area contributed by atoms with Gasteiger partial charge >= 0.3 is 0 Å². The van der Waals surface area contributed by atoms with Crippen LogP contribution in [0.25, 0.3) is 4.96 Å². The first-order valence-electron chi connectivity index (χ1n) is 6.19. The van der Waals surface area contributed by atoms with E-state index in [1.54, 1.807) is 18.6 Å². The monoisotopic (exact) mass is 350 g/mol. The summed E-state index contributed by atoms with van der Waals surface area (Å²) in [6.07, 6.45) is 1.64. The Hall–Kier alpha value is -1.17. The number of fused-ring (bicyclic) bond motifs is 1. The van der Waals surface area contributed by atoms with Crippen LogP contribution in [0.4, 0.5) is 5.82 Å². The van der Waals surface area contributed by atoms with Gasteiger partial charge in [0.1, 0.15) is 0 Å². The highest BCUT2D eigenvalue weighted by atomic mass is 32.2. The Morgan fingerprint density at radius 2 is 2.00 bits per heavy atom. The van der Waals surface area contributed by atoms with Crippen LogP contribution in [0, 0.1) is 0 Å². The minimum Gasteiger partial charge on any atom is -0.371 e. The molecule has 21 heavy (non-hydrogen) atoms. The molecule has 1 fully saturated rings. The summed E-state index contributed by atoms with van der Waals surface area (Å²) in [4.78, 5) is 4.80. The summed E-state index contributed by atoms with van der Waals surface area (Å²) in [7, 11) is -5.33. The number of aromatic nitrogens is 2. The summed E-state index contributed by atoms with van der Waals surface area (Å²) >= 11 is 1.33. The van der Waals surface area contributed by atoms with E-state index in [9.17, 15) is 16.8 Å². The van der Waals surface area contributed by atoms with Crippen molar-refractivity contribution < 1.29 is 16.8 Å². The third-order valence-electron chi connectivity index (χ3n) is 3.34. The molecule has 3 rings (SSSR count). The lowest BCUT2D eigenvalue weighted by Crippen LogP contribution is -2.44. The van der Waals surface area contributed by atoms with Crippen molar-refractivity contribution in [2.45, 2.75) is 5.03 Å². The lowest BCUT2D eigenvalue weighted by molar-refractivity contribution is 0.428. The molecule has 1 N–H and O–H groups in total. The molecule has 0 spiro atoms. The molecule has 11 heteroatoms. The van der Waals surface area contributed by atoms with Gasteiger partial charge < -0.3 is 5.32 Å². The van der Waals surface area contributed by atoms with Crippen molar-refractivity contribution in [3.63, 3.8) is 0 Å². The van der Waals surface area contributed by atoms with Crippen molar-refractivity contribution in [3.05, 3.63) is 11.6 Å². The molecule has 0 unspecified atom stereocenters. The lowest BCUT2D eigenvalue weighted by Gasteiger charge is -2.25. The zero-order valence-corrected chi connectivity index (χ0v) is 13.6. The Bertz CT molecular complexity index is 867. The average molecular weight is 350 g/mol. The van der Waals surface area contributed by atoms with Gasteiger partial charge in [0.2, 0.25) is 0 Å². The number of thiazole rings is 1. The van der Waals surface area contributed by atoms with Crippen LogP contribution < -0.4 is 5.32 Å². The van der Waals surface area contributed by atoms with Crippen molar-refractivity contribution in [1.29, 1.82) is 0 Å². The van der Waals surface area contributed by atoms with Gasteiger partial charge in [0.15, 0.2) is 25.6 Å². The molecular weight excluding hydrogens is 336 g/mol. The first-order valence-corrected chi connectivity index (χ1v) is 10.3. The minimum absolute atomic E-state index is 0.0226. The van der Waals surface area contributed by atoms with Gasteiger partial charge in [-0.15, -0.1) is 11.3 Å². The SMILES string of the molecule is CNc1nc2sccn2c1S(=O)(=O)N1CCS(=O)(=O)CC1. The highest BCUT2D eigenvalue weighted by molar-refractivity contribution is 7.92. The number of anilines is 1. The summed E-state index contributed by atoms with van der Waals surface area (Å²) in [6, 6.07) is 0. The van der Waals surface area contributed by atoms with Crippen LogP contribution in [0.15, 0.2) is 16.6 Å². The van der Waals surface area contributed by atoms with E-state index in [0.717, 1.165) is 0 Å². The number of sulfonamides is 1. The molecule has 116 valence electrons. The highest BCUT2D eigenvalue weighted by Crippen LogP contribution is 2.28. The molecule has 0 saturated carbocycles. The zero-order chi connectivity index (χ0) is 15.3. The fourth-order valence-electron chi connectivity index (χ4n) is 2.23. The smallest absolute Gasteiger partial charge is 0.262 e. The zero-order valence-electron chi connectivity index (χ0n) is 11.2. The topological polar surface area (TPSA) is 101 Å². The number of imidazole rings is 1. The summed E-state index contributed by atoms with van der Waals surface area (Å²) in [5.74, 6) is -0.0189. The van der Waals surface area contributed by atoms with Gasteiger partial charge in [-0.25, -0.2) is 21.8 Å². The van der Waals surface area contributed by atoms with E-state index in [-0.39, 0.29) is 35.4 Å². The summed E-state index contributed by atoms with van der Waals surface area (Å²) in [6.45, 7) is -0.0453. The maximum Gasteiger partial charge on any atom is 0.262 e. The fraction of sp³-hybridized carbons (Fsp3) is 0.500. The normalized spacial score (nSPS) is 19.9. The van der Waals surface area contributed by atoms with Crippen LogP contribution in [-0.4, -0.2) is 62.2 Å². The highest BCUT2D eigenvalue weighted by Gasteiger charge is 2.35. The molecule has 1 aliphatic heterocycles. The Balaban J connectivity index is 2.06. The van der Waals surface area contributed by atoms with Crippen molar-refractivity contribution in [3.8, 4) is 0 Å². The maximum absolute atomic E-state index is 12.8. The second-order valence-corrected chi connectivity index (χ2v) is 9.66. The first-order chi connectivity index (χ1) is 9.85. The quantitative estimate of drug-likeness (QED) is 0.827. The van der Waals surface area contributed by atoms with Crippen LogP contribution in [0.2, 0.25) is 0 Å². The Morgan fingerprint density at radius 1 is 1.33 bits per heavy atom. The molecule has 0 radical (unpaired) electrons. The van der Waals surface area contributed by atoms with Gasteiger partial charge in [-0.1, -0.05) is 0 Å². The minimum atomic E-state index is -3.79. The summed E-state index contributed by atoms with van der Waals surface area (Å²) in [5.41, 5.74) is 0. The summed E-state index contributed by atoms with van der Waals surface area (Å²) in [5, 5.41) is 4.59. The van der Waals surface area contributed by atoms with E-state index >= 15 is 0 Å². The predicted octanol–water partition coefficient (Wildman–Crippen LogP) is -0.143. The summed E-state index contributed by atoms with van der Waals surface area (Å²) < 4.78 is 51.2. The Labute approximate surface area is 126 Å². The number of hydrogen-bond donors (Lipinski definition) is 1. The molecule has 0 atom stereocenters. The van der Waals surface area contributed by atoms with E-state index in [1.807, 2.05) is 0 Å². The van der Waals surface area contributed by atoms with Crippen LogP contribution in [0.1, 0.15) is 0 Å². The number of hydrogen-bond acceptors (Lipinski definition) is 7. The van der Waals surface area contributed by atoms with E-state index in [4.69, 9.17) is 0 Å². The van der Waals surface area contributed by atoms with Gasteiger partial charge in [0.25, 0.3) is 10.0 Å². The van der Waals surface area contributed by atoms with Gasteiger partial charge in [-0.3, -0.25) is 4.40 Å². The standard InChI is InChI=1S/C10H14N4O4S3/c1-11-8-9(14-2-5-19-10(14)12-8)21(17,18)13-3-6-20(15,16)7-4-13/h2,5,11H,3-4,6-7H2,1H3. The third-order valence-corrected chi connectivity index (χ3v) is 7.63. The van der Waals surface area contributed by atoms with E-state index < -0.39 is 19.9 Å². The molecule has 0 bridgehead atoms. The van der Waals surface area contributed by atoms with E-state index in [0.29, 0.717) is 4.96 Å². The van der Waals surface area contributed by atoms with Crippen LogP contribution in [0.5, 0.6) is 0 Å². The van der Waals surface area contributed by atoms with E-state index in [1.165, 1.54) is 20.0 Å². The van der Waals surface area contributed by atoms with Gasteiger partial charge in [-0.2, -0.15) is 4.31 Å². The molecule has 1 saturated heterocycles. The van der Waals surface area contributed by atoms with E-state index in [2.05, 4.69) is 10.3 Å². The molecule has 0 aliphatic carbocycles. The molecule has 2 aromatic rings. The Kier molecular flexibility index (Phi) is 3.47. The lowest BCUT2D eigenvalue weighted by atomic mass is 10.6. The molecule has 1 aliphatic rings. The predicted molar refractivity (Wildman–Crippen MR) is 80.0 cm³/mol. The molecule has 0 aromatic carbocycles. The van der Waals surface area contributed by atoms with Gasteiger partial charge in [0, 0.05) is 31.7 Å². The molecular formula is C10H14N4O4S3. The van der Waals surface area contributed by atoms with Crippen molar-refractivity contribution in [2.75, 3.05) is 37.0 Å². The van der Waals surface area contributed by atoms with Crippen LogP contribution in [0.3, 0.4) is 0 Å². The van der Waals surface area contributed by atoms with Gasteiger partial charge in [-0.05, 0) is 0 Å². The van der Waals surface area contributed by atoms with Crippen molar-refractivity contribution in [2.24, 2.45) is 0 Å². The number of nitrogens with zero attached hydrogens (tertiary/aromatic N) is 3. The van der Waals surface area contributed by atoms with Crippen molar-refractivity contribution >= 4 is 42.0 Å². The number of nitrogens with one attached hydrogen (secondary N) is 1. The first kappa shape index (κ1) is 14.8. The largest absolute Gasteiger partial charge is 0.371 e. The molecule has 0 amide bonds. The van der Waals surface area contributed by atoms with Crippen molar-refractivity contribution in [1.82, 2.24) is 13.7 Å². The molecule has 8 nitrogen and oxygen atoms in total. The second kappa shape index (κ2) is 4.93. The maximum atomic E-state index is 12.8. The molecule has 3 heterocycles. The number of sulfone groups is 1. The second-order valence-electron chi connectivity index (χ2n) is 4.63. The third kappa shape index (κ3) is 2.43. The van der Waals surface area contributed by atoms with Gasteiger partial charge in [0.05, 0.1) is 11.5 Å². The van der Waals surface area contributed by atoms with Crippen LogP contribution >= 0.6 is 11.3 Å². The van der Waals surface area contributed by atoms with Crippen LogP contribution in [-0.2, 0) is 19.9 Å².